The topological polar surface area (TPSA) is 62.4 Å². The molecule has 112 valence electrons. The molecule has 0 fully saturated rings. The van der Waals surface area contributed by atoms with E-state index in [1.54, 1.807) is 0 Å². The first-order chi connectivity index (χ1) is 9.76. The van der Waals surface area contributed by atoms with Crippen molar-refractivity contribution in [2.24, 2.45) is 0 Å². The third kappa shape index (κ3) is 7.11. The van der Waals surface area contributed by atoms with E-state index >= 15 is 0 Å². The number of amides is 1. The Labute approximate surface area is 121 Å². The van der Waals surface area contributed by atoms with Crippen LogP contribution in [0.2, 0.25) is 0 Å². The van der Waals surface area contributed by atoms with E-state index in [0.29, 0.717) is 32.7 Å². The van der Waals surface area contributed by atoms with Crippen LogP contribution in [-0.2, 0) is 16.1 Å². The van der Waals surface area contributed by atoms with Gasteiger partial charge in [-0.25, -0.2) is 0 Å². The average Bonchev–Trinajstić information content (AvgIpc) is 2.46. The fraction of sp³-hybridized carbons (Fsp3) is 0.533. The monoisotopic (exact) mass is 279 g/mol. The van der Waals surface area contributed by atoms with Gasteiger partial charge in [-0.05, 0) is 31.7 Å². The third-order valence-corrected chi connectivity index (χ3v) is 2.79. The summed E-state index contributed by atoms with van der Waals surface area (Å²) in [7, 11) is 1.93. The molecule has 1 aromatic rings. The number of ether oxygens (including phenoxy) is 1. The fourth-order valence-corrected chi connectivity index (χ4v) is 1.75. The van der Waals surface area contributed by atoms with Crippen molar-refractivity contribution in [1.29, 1.82) is 0 Å². The first-order valence-corrected chi connectivity index (χ1v) is 7.08. The van der Waals surface area contributed by atoms with Gasteiger partial charge in [0.25, 0.3) is 0 Å². The van der Waals surface area contributed by atoms with Crippen LogP contribution in [0.25, 0.3) is 0 Å². The molecule has 0 bridgehead atoms. The highest BCUT2D eigenvalue weighted by molar-refractivity contribution is 5.75. The Hall–Kier alpha value is -1.59. The molecule has 0 spiro atoms. The van der Waals surface area contributed by atoms with E-state index in [1.807, 2.05) is 26.1 Å². The summed E-state index contributed by atoms with van der Waals surface area (Å²) in [6.45, 7) is 5.26. The number of hydrogen-bond acceptors (Lipinski definition) is 4. The maximum absolute atomic E-state index is 11.4. The van der Waals surface area contributed by atoms with Gasteiger partial charge in [0.15, 0.2) is 0 Å². The van der Waals surface area contributed by atoms with Crippen LogP contribution in [0.15, 0.2) is 24.3 Å². The van der Waals surface area contributed by atoms with Crippen molar-refractivity contribution in [3.63, 3.8) is 0 Å². The number of hydrogen-bond donors (Lipinski definition) is 3. The molecule has 1 rings (SSSR count). The molecule has 5 heteroatoms. The van der Waals surface area contributed by atoms with E-state index in [4.69, 9.17) is 4.74 Å². The summed E-state index contributed by atoms with van der Waals surface area (Å²) in [4.78, 5) is 11.4. The first kappa shape index (κ1) is 16.5. The van der Waals surface area contributed by atoms with Gasteiger partial charge in [0, 0.05) is 38.3 Å². The standard InChI is InChI=1S/C15H25N3O2/c1-3-20-11-8-15(19)18-10-9-17-14-6-4-13(5-7-14)12-16-2/h4-7,16-17H,3,8-12H2,1-2H3,(H,18,19). The Morgan fingerprint density at radius 2 is 1.95 bits per heavy atom. The van der Waals surface area contributed by atoms with E-state index in [-0.39, 0.29) is 5.91 Å². The van der Waals surface area contributed by atoms with Crippen LogP contribution in [0.5, 0.6) is 0 Å². The molecule has 0 saturated heterocycles. The van der Waals surface area contributed by atoms with Crippen LogP contribution in [-0.4, -0.2) is 39.3 Å². The summed E-state index contributed by atoms with van der Waals surface area (Å²) in [6, 6.07) is 8.26. The van der Waals surface area contributed by atoms with Gasteiger partial charge in [-0.3, -0.25) is 4.79 Å². The van der Waals surface area contributed by atoms with Gasteiger partial charge in [-0.15, -0.1) is 0 Å². The van der Waals surface area contributed by atoms with Crippen LogP contribution < -0.4 is 16.0 Å². The maximum Gasteiger partial charge on any atom is 0.222 e. The molecular formula is C15H25N3O2. The molecular weight excluding hydrogens is 254 g/mol. The Bertz CT molecular complexity index is 379. The van der Waals surface area contributed by atoms with Crippen LogP contribution in [0, 0.1) is 0 Å². The molecule has 0 heterocycles. The summed E-state index contributed by atoms with van der Waals surface area (Å²) in [5.41, 5.74) is 2.32. The summed E-state index contributed by atoms with van der Waals surface area (Å²) in [6.07, 6.45) is 0.423. The summed E-state index contributed by atoms with van der Waals surface area (Å²) < 4.78 is 5.13. The van der Waals surface area contributed by atoms with Crippen molar-refractivity contribution in [1.82, 2.24) is 10.6 Å². The van der Waals surface area contributed by atoms with Gasteiger partial charge in [-0.1, -0.05) is 12.1 Å². The molecule has 0 aromatic heterocycles. The minimum absolute atomic E-state index is 0.0321. The normalized spacial score (nSPS) is 10.3. The number of nitrogens with one attached hydrogen (secondary N) is 3. The predicted molar refractivity (Wildman–Crippen MR) is 81.8 cm³/mol. The second kappa shape index (κ2) is 10.2. The zero-order chi connectivity index (χ0) is 14.6. The third-order valence-electron chi connectivity index (χ3n) is 2.79. The van der Waals surface area contributed by atoms with E-state index in [0.717, 1.165) is 12.2 Å². The lowest BCUT2D eigenvalue weighted by Crippen LogP contribution is -2.29. The molecule has 0 aliphatic rings. The SMILES string of the molecule is CCOCCC(=O)NCCNc1ccc(CNC)cc1. The van der Waals surface area contributed by atoms with Crippen molar-refractivity contribution in [2.45, 2.75) is 19.9 Å². The summed E-state index contributed by atoms with van der Waals surface area (Å²) in [5.74, 6) is 0.0321. The second-order valence-corrected chi connectivity index (χ2v) is 4.45. The van der Waals surface area contributed by atoms with Crippen LogP contribution in [0.3, 0.4) is 0 Å². The summed E-state index contributed by atoms with van der Waals surface area (Å²) >= 11 is 0. The largest absolute Gasteiger partial charge is 0.383 e. The first-order valence-electron chi connectivity index (χ1n) is 7.08. The Morgan fingerprint density at radius 1 is 1.20 bits per heavy atom. The zero-order valence-corrected chi connectivity index (χ0v) is 12.4. The lowest BCUT2D eigenvalue weighted by molar-refractivity contribution is -0.122. The quantitative estimate of drug-likeness (QED) is 0.566. The minimum atomic E-state index is 0.0321. The predicted octanol–water partition coefficient (Wildman–Crippen LogP) is 1.36. The Balaban J connectivity index is 2.12. The van der Waals surface area contributed by atoms with Gasteiger partial charge in [0.1, 0.15) is 0 Å². The Kier molecular flexibility index (Phi) is 8.42. The number of carbonyl (C=O) groups excluding carboxylic acids is 1. The van der Waals surface area contributed by atoms with Gasteiger partial charge in [-0.2, -0.15) is 0 Å². The number of carbonyl (C=O) groups is 1. The van der Waals surface area contributed by atoms with Crippen molar-refractivity contribution >= 4 is 11.6 Å². The van der Waals surface area contributed by atoms with E-state index in [1.165, 1.54) is 5.56 Å². The van der Waals surface area contributed by atoms with Crippen LogP contribution in [0.4, 0.5) is 5.69 Å². The molecule has 0 aliphatic carbocycles. The van der Waals surface area contributed by atoms with Crippen molar-refractivity contribution in [2.75, 3.05) is 38.7 Å². The molecule has 20 heavy (non-hydrogen) atoms. The number of benzene rings is 1. The summed E-state index contributed by atoms with van der Waals surface area (Å²) in [5, 5.41) is 9.23. The maximum atomic E-state index is 11.4. The van der Waals surface area contributed by atoms with Gasteiger partial charge in [0.05, 0.1) is 6.61 Å². The average molecular weight is 279 g/mol. The van der Waals surface area contributed by atoms with Gasteiger partial charge < -0.3 is 20.7 Å². The fourth-order valence-electron chi connectivity index (χ4n) is 1.75. The molecule has 5 nitrogen and oxygen atoms in total. The number of anilines is 1. The molecule has 0 saturated carbocycles. The molecule has 0 unspecified atom stereocenters. The van der Waals surface area contributed by atoms with Crippen LogP contribution in [0.1, 0.15) is 18.9 Å². The molecule has 0 aliphatic heterocycles. The molecule has 0 radical (unpaired) electrons. The smallest absolute Gasteiger partial charge is 0.222 e. The second-order valence-electron chi connectivity index (χ2n) is 4.45. The van der Waals surface area contributed by atoms with Crippen molar-refractivity contribution in [3.8, 4) is 0 Å². The van der Waals surface area contributed by atoms with Gasteiger partial charge in [0.2, 0.25) is 5.91 Å². The van der Waals surface area contributed by atoms with E-state index in [9.17, 15) is 4.79 Å². The van der Waals surface area contributed by atoms with E-state index < -0.39 is 0 Å². The lowest BCUT2D eigenvalue weighted by Gasteiger charge is -2.09. The van der Waals surface area contributed by atoms with Gasteiger partial charge >= 0.3 is 0 Å². The molecule has 0 atom stereocenters. The molecule has 3 N–H and O–H groups in total. The molecule has 1 amide bonds. The van der Waals surface area contributed by atoms with Crippen molar-refractivity contribution in [3.05, 3.63) is 29.8 Å². The van der Waals surface area contributed by atoms with Crippen LogP contribution >= 0.6 is 0 Å². The lowest BCUT2D eigenvalue weighted by atomic mass is 10.2. The highest BCUT2D eigenvalue weighted by Crippen LogP contribution is 2.08. The van der Waals surface area contributed by atoms with Crippen molar-refractivity contribution < 1.29 is 9.53 Å². The Morgan fingerprint density at radius 3 is 2.60 bits per heavy atom. The number of rotatable bonds is 10. The molecule has 1 aromatic carbocycles. The zero-order valence-electron chi connectivity index (χ0n) is 12.4. The highest BCUT2D eigenvalue weighted by Gasteiger charge is 1.99. The highest BCUT2D eigenvalue weighted by atomic mass is 16.5. The van der Waals surface area contributed by atoms with E-state index in [2.05, 4.69) is 28.1 Å². The minimum Gasteiger partial charge on any atom is -0.383 e.